The Morgan fingerprint density at radius 3 is 2.59 bits per heavy atom. The Hall–Kier alpha value is -1.56. The Labute approximate surface area is 103 Å². The number of pyridine rings is 1. The van der Waals surface area contributed by atoms with Gasteiger partial charge in [-0.05, 0) is 27.2 Å². The van der Waals surface area contributed by atoms with Gasteiger partial charge in [-0.2, -0.15) is 5.26 Å². The predicted octanol–water partition coefficient (Wildman–Crippen LogP) is 3.19. The maximum Gasteiger partial charge on any atom is 0.128 e. The van der Waals surface area contributed by atoms with Crippen molar-refractivity contribution in [3.8, 4) is 11.8 Å². The van der Waals surface area contributed by atoms with E-state index in [0.717, 1.165) is 29.0 Å². The van der Waals surface area contributed by atoms with Gasteiger partial charge in [-0.25, -0.2) is 0 Å². The van der Waals surface area contributed by atoms with Crippen molar-refractivity contribution < 1.29 is 4.74 Å². The second-order valence-corrected chi connectivity index (χ2v) is 4.75. The highest BCUT2D eigenvalue weighted by atomic mass is 16.5. The summed E-state index contributed by atoms with van der Waals surface area (Å²) in [7, 11) is 1.67. The summed E-state index contributed by atoms with van der Waals surface area (Å²) in [5.41, 5.74) is 2.68. The van der Waals surface area contributed by atoms with Gasteiger partial charge < -0.3 is 4.74 Å². The van der Waals surface area contributed by atoms with Gasteiger partial charge in [0.25, 0.3) is 0 Å². The molecule has 1 aromatic heterocycles. The van der Waals surface area contributed by atoms with Crippen LogP contribution in [0.4, 0.5) is 0 Å². The molecule has 1 unspecified atom stereocenters. The summed E-state index contributed by atoms with van der Waals surface area (Å²) < 4.78 is 5.38. The Balaban J connectivity index is 3.13. The summed E-state index contributed by atoms with van der Waals surface area (Å²) in [5.74, 6) is 0.881. The van der Waals surface area contributed by atoms with Crippen molar-refractivity contribution in [1.29, 1.82) is 5.26 Å². The summed E-state index contributed by atoms with van der Waals surface area (Å²) in [5, 5.41) is 9.21. The molecule has 0 spiro atoms. The number of hydrogen-bond donors (Lipinski definition) is 0. The van der Waals surface area contributed by atoms with E-state index in [9.17, 15) is 5.26 Å². The van der Waals surface area contributed by atoms with Crippen LogP contribution in [0.3, 0.4) is 0 Å². The number of hydrogen-bond acceptors (Lipinski definition) is 3. The van der Waals surface area contributed by atoms with Crippen molar-refractivity contribution in [2.75, 3.05) is 7.11 Å². The third-order valence-electron chi connectivity index (χ3n) is 3.36. The van der Waals surface area contributed by atoms with Gasteiger partial charge in [0.2, 0.25) is 0 Å². The van der Waals surface area contributed by atoms with Crippen LogP contribution in [-0.2, 0) is 6.42 Å². The Bertz CT molecular complexity index is 448. The maximum absolute atomic E-state index is 9.21. The fourth-order valence-corrected chi connectivity index (χ4v) is 1.86. The fraction of sp³-hybridized carbons (Fsp3) is 0.571. The predicted molar refractivity (Wildman–Crippen MR) is 68.0 cm³/mol. The fourth-order valence-electron chi connectivity index (χ4n) is 1.86. The monoisotopic (exact) mass is 232 g/mol. The van der Waals surface area contributed by atoms with Crippen LogP contribution >= 0.6 is 0 Å². The second kappa shape index (κ2) is 5.18. The molecule has 1 heterocycles. The minimum Gasteiger partial charge on any atom is -0.496 e. The average Bonchev–Trinajstić information content (AvgIpc) is 2.33. The molecule has 0 bridgehead atoms. The lowest BCUT2D eigenvalue weighted by atomic mass is 9.83. The molecule has 0 amide bonds. The van der Waals surface area contributed by atoms with Crippen LogP contribution in [0.5, 0.6) is 5.75 Å². The van der Waals surface area contributed by atoms with Gasteiger partial charge >= 0.3 is 0 Å². The molecule has 0 aromatic carbocycles. The van der Waals surface area contributed by atoms with E-state index in [-0.39, 0.29) is 5.41 Å². The normalized spacial score (nSPS) is 13.9. The first kappa shape index (κ1) is 13.5. The first-order chi connectivity index (χ1) is 7.97. The highest BCUT2D eigenvalue weighted by molar-refractivity contribution is 5.41. The number of nitriles is 1. The zero-order valence-electron chi connectivity index (χ0n) is 11.3. The first-order valence-corrected chi connectivity index (χ1v) is 5.87. The molecule has 3 nitrogen and oxygen atoms in total. The van der Waals surface area contributed by atoms with Gasteiger partial charge in [0.05, 0.1) is 18.6 Å². The van der Waals surface area contributed by atoms with Crippen molar-refractivity contribution >= 4 is 0 Å². The van der Waals surface area contributed by atoms with Crippen molar-refractivity contribution in [3.05, 3.63) is 23.0 Å². The van der Waals surface area contributed by atoms with Crippen molar-refractivity contribution in [3.63, 3.8) is 0 Å². The lowest BCUT2D eigenvalue weighted by Crippen LogP contribution is -2.18. The number of methoxy groups -OCH3 is 1. The minimum atomic E-state index is -0.349. The maximum atomic E-state index is 9.21. The number of rotatable bonds is 4. The standard InChI is InChI=1S/C14H20N2O/c1-6-14(4,9-15)7-12-11(3)13(17-5)10(2)8-16-12/h8H,6-7H2,1-5H3. The molecule has 1 rings (SSSR count). The third kappa shape index (κ3) is 2.76. The highest BCUT2D eigenvalue weighted by Gasteiger charge is 2.24. The summed E-state index contributed by atoms with van der Waals surface area (Å²) in [6.07, 6.45) is 3.30. The molecule has 0 N–H and O–H groups in total. The van der Waals surface area contributed by atoms with Crippen LogP contribution < -0.4 is 4.74 Å². The molecule has 0 radical (unpaired) electrons. The lowest BCUT2D eigenvalue weighted by Gasteiger charge is -2.21. The van der Waals surface area contributed by atoms with E-state index >= 15 is 0 Å². The minimum absolute atomic E-state index is 0.349. The van der Waals surface area contributed by atoms with E-state index in [1.807, 2.05) is 33.9 Å². The van der Waals surface area contributed by atoms with Gasteiger partial charge in [-0.3, -0.25) is 4.98 Å². The Morgan fingerprint density at radius 2 is 2.12 bits per heavy atom. The van der Waals surface area contributed by atoms with Gasteiger partial charge in [0.1, 0.15) is 5.75 Å². The summed E-state index contributed by atoms with van der Waals surface area (Å²) in [4.78, 5) is 4.44. The number of aromatic nitrogens is 1. The molecule has 1 aromatic rings. The quantitative estimate of drug-likeness (QED) is 0.801. The van der Waals surface area contributed by atoms with E-state index in [4.69, 9.17) is 4.74 Å². The summed E-state index contributed by atoms with van der Waals surface area (Å²) in [6.45, 7) is 7.98. The summed E-state index contributed by atoms with van der Waals surface area (Å²) >= 11 is 0. The molecule has 17 heavy (non-hydrogen) atoms. The molecule has 0 aliphatic rings. The first-order valence-electron chi connectivity index (χ1n) is 5.87. The van der Waals surface area contributed by atoms with Gasteiger partial charge in [-0.15, -0.1) is 0 Å². The molecule has 0 saturated heterocycles. The van der Waals surface area contributed by atoms with Crippen LogP contribution in [0.2, 0.25) is 0 Å². The highest BCUT2D eigenvalue weighted by Crippen LogP contribution is 2.30. The molecule has 92 valence electrons. The second-order valence-electron chi connectivity index (χ2n) is 4.75. The van der Waals surface area contributed by atoms with Crippen LogP contribution in [0.1, 0.15) is 37.1 Å². The van der Waals surface area contributed by atoms with Crippen LogP contribution in [0, 0.1) is 30.6 Å². The third-order valence-corrected chi connectivity index (χ3v) is 3.36. The van der Waals surface area contributed by atoms with Crippen molar-refractivity contribution in [2.45, 2.75) is 40.5 Å². The Kier molecular flexibility index (Phi) is 4.11. The van der Waals surface area contributed by atoms with Crippen LogP contribution in [-0.4, -0.2) is 12.1 Å². The summed E-state index contributed by atoms with van der Waals surface area (Å²) in [6, 6.07) is 2.38. The van der Waals surface area contributed by atoms with E-state index in [1.54, 1.807) is 7.11 Å². The topological polar surface area (TPSA) is 45.9 Å². The van der Waals surface area contributed by atoms with Gasteiger partial charge in [0, 0.05) is 29.4 Å². The number of aryl methyl sites for hydroxylation is 1. The molecule has 0 saturated carbocycles. The van der Waals surface area contributed by atoms with Gasteiger partial charge in [0.15, 0.2) is 0 Å². The van der Waals surface area contributed by atoms with E-state index < -0.39 is 0 Å². The van der Waals surface area contributed by atoms with E-state index in [1.165, 1.54) is 0 Å². The molecule has 0 aliphatic carbocycles. The van der Waals surface area contributed by atoms with Crippen molar-refractivity contribution in [2.24, 2.45) is 5.41 Å². The number of nitrogens with zero attached hydrogens (tertiary/aromatic N) is 2. The smallest absolute Gasteiger partial charge is 0.128 e. The van der Waals surface area contributed by atoms with E-state index in [0.29, 0.717) is 6.42 Å². The molecule has 3 heteroatoms. The molecule has 1 atom stereocenters. The lowest BCUT2D eigenvalue weighted by molar-refractivity contribution is 0.397. The largest absolute Gasteiger partial charge is 0.496 e. The van der Waals surface area contributed by atoms with Crippen LogP contribution in [0.25, 0.3) is 0 Å². The zero-order chi connectivity index (χ0) is 13.1. The molecule has 0 aliphatic heterocycles. The van der Waals surface area contributed by atoms with E-state index in [2.05, 4.69) is 11.1 Å². The molecular formula is C14H20N2O. The zero-order valence-corrected chi connectivity index (χ0v) is 11.3. The Morgan fingerprint density at radius 1 is 1.47 bits per heavy atom. The molecular weight excluding hydrogens is 212 g/mol. The average molecular weight is 232 g/mol. The molecule has 0 fully saturated rings. The van der Waals surface area contributed by atoms with Crippen molar-refractivity contribution in [1.82, 2.24) is 4.98 Å². The SMILES string of the molecule is CCC(C)(C#N)Cc1ncc(C)c(OC)c1C. The van der Waals surface area contributed by atoms with Gasteiger partial charge in [-0.1, -0.05) is 6.92 Å². The van der Waals surface area contributed by atoms with Crippen LogP contribution in [0.15, 0.2) is 6.20 Å². The number of ether oxygens (including phenoxy) is 1.